The van der Waals surface area contributed by atoms with E-state index in [4.69, 9.17) is 5.73 Å². The highest BCUT2D eigenvalue weighted by molar-refractivity contribution is 9.10. The van der Waals surface area contributed by atoms with E-state index in [9.17, 15) is 0 Å². The average Bonchev–Trinajstić information content (AvgIpc) is 2.29. The minimum absolute atomic E-state index is 0.673. The van der Waals surface area contributed by atoms with Gasteiger partial charge in [-0.1, -0.05) is 18.6 Å². The molecule has 1 aromatic carbocycles. The van der Waals surface area contributed by atoms with Crippen molar-refractivity contribution in [2.75, 3.05) is 5.73 Å². The summed E-state index contributed by atoms with van der Waals surface area (Å²) in [5.41, 5.74) is 8.06. The second kappa shape index (κ2) is 5.40. The van der Waals surface area contributed by atoms with Crippen LogP contribution in [-0.2, 0) is 6.54 Å². The molecule has 1 aliphatic heterocycles. The summed E-state index contributed by atoms with van der Waals surface area (Å²) < 4.78 is 1.06. The van der Waals surface area contributed by atoms with Crippen molar-refractivity contribution in [3.05, 3.63) is 28.2 Å². The highest BCUT2D eigenvalue weighted by Gasteiger charge is 2.25. The fraction of sp³-hybridized carbons (Fsp3) is 0.571. The van der Waals surface area contributed by atoms with Crippen LogP contribution in [0.25, 0.3) is 0 Å². The van der Waals surface area contributed by atoms with E-state index in [2.05, 4.69) is 40.7 Å². The normalized spacial score (nSPS) is 26.1. The van der Waals surface area contributed by atoms with Crippen molar-refractivity contribution >= 4 is 21.6 Å². The minimum Gasteiger partial charge on any atom is -0.398 e. The van der Waals surface area contributed by atoms with Gasteiger partial charge in [0, 0.05) is 28.8 Å². The predicted octanol–water partition coefficient (Wildman–Crippen LogP) is 3.79. The monoisotopic (exact) mass is 296 g/mol. The fourth-order valence-electron chi connectivity index (χ4n) is 2.70. The van der Waals surface area contributed by atoms with Gasteiger partial charge >= 0.3 is 0 Å². The van der Waals surface area contributed by atoms with Crippen molar-refractivity contribution < 1.29 is 0 Å². The number of likely N-dealkylation sites (tertiary alicyclic amines) is 1. The van der Waals surface area contributed by atoms with Crippen LogP contribution >= 0.6 is 15.9 Å². The molecule has 0 spiro atoms. The lowest BCUT2D eigenvalue weighted by atomic mass is 9.96. The van der Waals surface area contributed by atoms with Gasteiger partial charge < -0.3 is 5.73 Å². The van der Waals surface area contributed by atoms with Crippen molar-refractivity contribution in [3.8, 4) is 0 Å². The third-order valence-corrected chi connectivity index (χ3v) is 4.80. The molecule has 0 amide bonds. The van der Waals surface area contributed by atoms with Crippen LogP contribution in [0.15, 0.2) is 22.7 Å². The Kier molecular flexibility index (Phi) is 4.10. The molecule has 0 saturated carbocycles. The summed E-state index contributed by atoms with van der Waals surface area (Å²) in [5, 5.41) is 0. The summed E-state index contributed by atoms with van der Waals surface area (Å²) in [6, 6.07) is 7.49. The average molecular weight is 297 g/mol. The Balaban J connectivity index is 2.16. The smallest absolute Gasteiger partial charge is 0.0461 e. The molecule has 0 bridgehead atoms. The molecule has 1 aliphatic rings. The van der Waals surface area contributed by atoms with Crippen LogP contribution in [0, 0.1) is 0 Å². The van der Waals surface area contributed by atoms with Crippen molar-refractivity contribution in [3.63, 3.8) is 0 Å². The molecule has 2 atom stereocenters. The zero-order valence-corrected chi connectivity index (χ0v) is 12.2. The largest absolute Gasteiger partial charge is 0.398 e. The van der Waals surface area contributed by atoms with E-state index in [1.54, 1.807) is 0 Å². The first-order chi connectivity index (χ1) is 8.09. The number of anilines is 1. The van der Waals surface area contributed by atoms with Crippen molar-refractivity contribution in [2.24, 2.45) is 0 Å². The molecule has 1 fully saturated rings. The van der Waals surface area contributed by atoms with Gasteiger partial charge in [-0.3, -0.25) is 4.90 Å². The van der Waals surface area contributed by atoms with Crippen LogP contribution < -0.4 is 5.73 Å². The number of piperidine rings is 1. The summed E-state index contributed by atoms with van der Waals surface area (Å²) >= 11 is 3.60. The van der Waals surface area contributed by atoms with Gasteiger partial charge in [0.25, 0.3) is 0 Å². The molecular weight excluding hydrogens is 276 g/mol. The predicted molar refractivity (Wildman–Crippen MR) is 76.9 cm³/mol. The summed E-state index contributed by atoms with van der Waals surface area (Å²) in [5.74, 6) is 0. The molecule has 17 heavy (non-hydrogen) atoms. The highest BCUT2D eigenvalue weighted by Crippen LogP contribution is 2.29. The van der Waals surface area contributed by atoms with E-state index in [1.165, 1.54) is 24.8 Å². The second-order valence-electron chi connectivity index (χ2n) is 5.12. The quantitative estimate of drug-likeness (QED) is 0.841. The Morgan fingerprint density at radius 3 is 2.59 bits per heavy atom. The fourth-order valence-corrected chi connectivity index (χ4v) is 3.09. The van der Waals surface area contributed by atoms with Crippen molar-refractivity contribution in [1.29, 1.82) is 0 Å². The summed E-state index contributed by atoms with van der Waals surface area (Å²) in [6.45, 7) is 5.65. The Labute approximate surface area is 112 Å². The number of nitrogens with zero attached hydrogens (tertiary/aromatic N) is 1. The first kappa shape index (κ1) is 12.9. The second-order valence-corrected chi connectivity index (χ2v) is 5.91. The van der Waals surface area contributed by atoms with Crippen LogP contribution in [0.2, 0.25) is 0 Å². The molecule has 1 saturated heterocycles. The maximum atomic E-state index is 5.93. The molecule has 94 valence electrons. The van der Waals surface area contributed by atoms with Gasteiger partial charge in [0.2, 0.25) is 0 Å². The summed E-state index contributed by atoms with van der Waals surface area (Å²) in [6.07, 6.45) is 3.98. The van der Waals surface area contributed by atoms with E-state index in [-0.39, 0.29) is 0 Å². The molecule has 2 nitrogen and oxygen atoms in total. The number of nitrogen functional groups attached to an aromatic ring is 1. The van der Waals surface area contributed by atoms with Crippen LogP contribution in [0.4, 0.5) is 5.69 Å². The van der Waals surface area contributed by atoms with Gasteiger partial charge in [-0.05, 0) is 54.2 Å². The molecule has 0 aromatic heterocycles. The van der Waals surface area contributed by atoms with Gasteiger partial charge in [0.05, 0.1) is 0 Å². The summed E-state index contributed by atoms with van der Waals surface area (Å²) in [7, 11) is 0. The lowest BCUT2D eigenvalue weighted by Crippen LogP contribution is -2.43. The maximum absolute atomic E-state index is 5.93. The third kappa shape index (κ3) is 2.83. The Morgan fingerprint density at radius 1 is 1.29 bits per heavy atom. The van der Waals surface area contributed by atoms with Gasteiger partial charge in [0.1, 0.15) is 0 Å². The maximum Gasteiger partial charge on any atom is 0.0461 e. The van der Waals surface area contributed by atoms with E-state index >= 15 is 0 Å². The molecule has 0 unspecified atom stereocenters. The number of hydrogen-bond acceptors (Lipinski definition) is 2. The highest BCUT2D eigenvalue weighted by atomic mass is 79.9. The standard InChI is InChI=1S/C14H21BrN2/c1-10-5-3-6-11(2)17(10)9-12-7-4-8-13(16)14(12)15/h4,7-8,10-11H,3,5-6,9,16H2,1-2H3/t10-,11+. The number of nitrogens with two attached hydrogens (primary N) is 1. The zero-order chi connectivity index (χ0) is 12.4. The van der Waals surface area contributed by atoms with Crippen LogP contribution in [0.3, 0.4) is 0 Å². The lowest BCUT2D eigenvalue weighted by Gasteiger charge is -2.39. The number of benzene rings is 1. The zero-order valence-electron chi connectivity index (χ0n) is 10.6. The lowest BCUT2D eigenvalue weighted by molar-refractivity contribution is 0.0951. The van der Waals surface area contributed by atoms with E-state index < -0.39 is 0 Å². The molecular formula is C14H21BrN2. The van der Waals surface area contributed by atoms with Gasteiger partial charge in [-0.2, -0.15) is 0 Å². The molecule has 3 heteroatoms. The SMILES string of the molecule is C[C@@H]1CCC[C@H](C)N1Cc1cccc(N)c1Br. The van der Waals surface area contributed by atoms with Crippen LogP contribution in [0.1, 0.15) is 38.7 Å². The van der Waals surface area contributed by atoms with Gasteiger partial charge in [0.15, 0.2) is 0 Å². The number of rotatable bonds is 2. The number of hydrogen-bond donors (Lipinski definition) is 1. The van der Waals surface area contributed by atoms with Gasteiger partial charge in [-0.25, -0.2) is 0 Å². The van der Waals surface area contributed by atoms with Crippen molar-refractivity contribution in [1.82, 2.24) is 4.90 Å². The molecule has 2 N–H and O–H groups in total. The third-order valence-electron chi connectivity index (χ3n) is 3.84. The van der Waals surface area contributed by atoms with Crippen LogP contribution in [-0.4, -0.2) is 17.0 Å². The van der Waals surface area contributed by atoms with E-state index in [0.717, 1.165) is 16.7 Å². The molecule has 2 rings (SSSR count). The topological polar surface area (TPSA) is 29.3 Å². The Morgan fingerprint density at radius 2 is 1.94 bits per heavy atom. The molecule has 0 radical (unpaired) electrons. The summed E-state index contributed by atoms with van der Waals surface area (Å²) in [4.78, 5) is 2.59. The molecule has 1 heterocycles. The Hall–Kier alpha value is -0.540. The first-order valence-electron chi connectivity index (χ1n) is 6.38. The first-order valence-corrected chi connectivity index (χ1v) is 7.17. The molecule has 1 aromatic rings. The number of halogens is 1. The van der Waals surface area contributed by atoms with E-state index in [0.29, 0.717) is 12.1 Å². The van der Waals surface area contributed by atoms with Crippen LogP contribution in [0.5, 0.6) is 0 Å². The van der Waals surface area contributed by atoms with Gasteiger partial charge in [-0.15, -0.1) is 0 Å². The molecule has 0 aliphatic carbocycles. The van der Waals surface area contributed by atoms with E-state index in [1.807, 2.05) is 12.1 Å². The van der Waals surface area contributed by atoms with Crippen molar-refractivity contribution in [2.45, 2.75) is 51.7 Å². The minimum atomic E-state index is 0.673. The Bertz CT molecular complexity index is 382.